The first-order valence-electron chi connectivity index (χ1n) is 7.40. The minimum atomic E-state index is -4.45. The van der Waals surface area contributed by atoms with E-state index in [2.05, 4.69) is 10.3 Å². The number of halogens is 3. The van der Waals surface area contributed by atoms with Crippen LogP contribution < -0.4 is 15.8 Å². The molecule has 1 aromatic carbocycles. The first kappa shape index (κ1) is 17.3. The minimum absolute atomic E-state index is 0.0229. The number of hydrogen-bond acceptors (Lipinski definition) is 6. The van der Waals surface area contributed by atoms with Crippen LogP contribution in [-0.2, 0) is 10.9 Å². The molecule has 0 amide bonds. The van der Waals surface area contributed by atoms with Crippen LogP contribution in [-0.4, -0.2) is 35.5 Å². The number of pyridine rings is 1. The molecule has 2 aromatic rings. The van der Waals surface area contributed by atoms with E-state index in [4.69, 9.17) is 15.2 Å². The second-order valence-electron chi connectivity index (χ2n) is 5.80. The second kappa shape index (κ2) is 6.41. The molecule has 3 rings (SSSR count). The molecule has 2 heterocycles. The fourth-order valence-electron chi connectivity index (χ4n) is 2.18. The molecule has 1 aliphatic heterocycles. The van der Waals surface area contributed by atoms with Crippen molar-refractivity contribution in [3.05, 3.63) is 42.1 Å². The Morgan fingerprint density at radius 2 is 2.04 bits per heavy atom. The highest BCUT2D eigenvalue weighted by Crippen LogP contribution is 2.31. The Labute approximate surface area is 141 Å². The van der Waals surface area contributed by atoms with Crippen LogP contribution in [0.3, 0.4) is 0 Å². The van der Waals surface area contributed by atoms with Gasteiger partial charge in [0.2, 0.25) is 5.88 Å². The van der Waals surface area contributed by atoms with E-state index in [1.54, 1.807) is 18.2 Å². The van der Waals surface area contributed by atoms with E-state index in [-0.39, 0.29) is 25.6 Å². The summed E-state index contributed by atoms with van der Waals surface area (Å²) in [6, 6.07) is 6.77. The molecule has 1 saturated heterocycles. The van der Waals surface area contributed by atoms with Gasteiger partial charge in [0, 0.05) is 24.9 Å². The van der Waals surface area contributed by atoms with Gasteiger partial charge >= 0.3 is 6.18 Å². The number of anilines is 2. The highest BCUT2D eigenvalue weighted by Gasteiger charge is 2.35. The van der Waals surface area contributed by atoms with Gasteiger partial charge in [-0.25, -0.2) is 4.98 Å². The standard InChI is InChI=1S/C16H16F3N3O3/c17-16(18,19)10-1-4-14(21-6-10)25-11-2-3-12(20)13(5-11)22-7-15(23)8-24-9-15/h1-6,22-23H,7-9,20H2. The Kier molecular flexibility index (Phi) is 4.44. The zero-order valence-electron chi connectivity index (χ0n) is 13.0. The van der Waals surface area contributed by atoms with Crippen LogP contribution in [0, 0.1) is 0 Å². The topological polar surface area (TPSA) is 89.6 Å². The number of nitrogen functional groups attached to an aromatic ring is 1. The molecule has 4 N–H and O–H groups in total. The van der Waals surface area contributed by atoms with Crippen molar-refractivity contribution < 1.29 is 27.8 Å². The first-order chi connectivity index (χ1) is 11.8. The molecule has 0 spiro atoms. The molecular formula is C16H16F3N3O3. The number of aromatic nitrogens is 1. The van der Waals surface area contributed by atoms with Gasteiger partial charge in [0.05, 0.1) is 30.2 Å². The molecule has 1 aromatic heterocycles. The van der Waals surface area contributed by atoms with Gasteiger partial charge in [-0.15, -0.1) is 0 Å². The number of benzene rings is 1. The molecule has 25 heavy (non-hydrogen) atoms. The molecule has 0 saturated carbocycles. The molecule has 9 heteroatoms. The van der Waals surface area contributed by atoms with Crippen molar-refractivity contribution >= 4 is 11.4 Å². The SMILES string of the molecule is Nc1ccc(Oc2ccc(C(F)(F)F)cn2)cc1NCC1(O)COC1. The number of hydrogen-bond donors (Lipinski definition) is 3. The van der Waals surface area contributed by atoms with E-state index in [9.17, 15) is 18.3 Å². The lowest BCUT2D eigenvalue weighted by Crippen LogP contribution is -2.54. The monoisotopic (exact) mass is 355 g/mol. The van der Waals surface area contributed by atoms with Crippen molar-refractivity contribution in [2.75, 3.05) is 30.8 Å². The molecule has 0 bridgehead atoms. The molecule has 1 aliphatic rings. The minimum Gasteiger partial charge on any atom is -0.439 e. The summed E-state index contributed by atoms with van der Waals surface area (Å²) in [7, 11) is 0. The van der Waals surface area contributed by atoms with Crippen LogP contribution in [0.5, 0.6) is 11.6 Å². The smallest absolute Gasteiger partial charge is 0.417 e. The third kappa shape index (κ3) is 4.12. The van der Waals surface area contributed by atoms with Crippen molar-refractivity contribution in [1.82, 2.24) is 4.98 Å². The summed E-state index contributed by atoms with van der Waals surface area (Å²) >= 11 is 0. The van der Waals surface area contributed by atoms with Crippen molar-refractivity contribution in [2.24, 2.45) is 0 Å². The number of nitrogens with zero attached hydrogens (tertiary/aromatic N) is 1. The number of rotatable bonds is 5. The maximum atomic E-state index is 12.5. The molecule has 0 unspecified atom stereocenters. The van der Waals surface area contributed by atoms with Gasteiger partial charge in [-0.3, -0.25) is 0 Å². The lowest BCUT2D eigenvalue weighted by molar-refractivity contribution is -0.168. The number of ether oxygens (including phenoxy) is 2. The van der Waals surface area contributed by atoms with Crippen LogP contribution in [0.15, 0.2) is 36.5 Å². The second-order valence-corrected chi connectivity index (χ2v) is 5.80. The van der Waals surface area contributed by atoms with Crippen LogP contribution >= 0.6 is 0 Å². The van der Waals surface area contributed by atoms with Gasteiger partial charge in [0.15, 0.2) is 0 Å². The molecular weight excluding hydrogens is 339 g/mol. The fourth-order valence-corrected chi connectivity index (χ4v) is 2.18. The van der Waals surface area contributed by atoms with Gasteiger partial charge in [0.1, 0.15) is 11.4 Å². The Morgan fingerprint density at radius 1 is 1.28 bits per heavy atom. The fraction of sp³-hybridized carbons (Fsp3) is 0.312. The quantitative estimate of drug-likeness (QED) is 0.715. The maximum Gasteiger partial charge on any atom is 0.417 e. The van der Waals surface area contributed by atoms with E-state index in [1.165, 1.54) is 0 Å². The average Bonchev–Trinajstić information content (AvgIpc) is 2.53. The lowest BCUT2D eigenvalue weighted by Gasteiger charge is -2.36. The number of aliphatic hydroxyl groups is 1. The van der Waals surface area contributed by atoms with E-state index in [0.717, 1.165) is 12.1 Å². The molecule has 0 atom stereocenters. The zero-order chi connectivity index (χ0) is 18.1. The Bertz CT molecular complexity index is 747. The third-order valence-electron chi connectivity index (χ3n) is 3.66. The summed E-state index contributed by atoms with van der Waals surface area (Å²) in [6.07, 6.45) is -3.74. The Hall–Kier alpha value is -2.52. The van der Waals surface area contributed by atoms with E-state index in [1.807, 2.05) is 0 Å². The average molecular weight is 355 g/mol. The number of nitrogens with two attached hydrogens (primary N) is 1. The van der Waals surface area contributed by atoms with Gasteiger partial charge in [0.25, 0.3) is 0 Å². The predicted molar refractivity (Wildman–Crippen MR) is 84.4 cm³/mol. The van der Waals surface area contributed by atoms with Gasteiger partial charge in [-0.2, -0.15) is 13.2 Å². The highest BCUT2D eigenvalue weighted by molar-refractivity contribution is 5.68. The summed E-state index contributed by atoms with van der Waals surface area (Å²) in [5.74, 6) is 0.371. The van der Waals surface area contributed by atoms with Crippen molar-refractivity contribution in [1.29, 1.82) is 0 Å². The summed E-state index contributed by atoms with van der Waals surface area (Å²) < 4.78 is 48.0. The van der Waals surface area contributed by atoms with Crippen LogP contribution in [0.4, 0.5) is 24.5 Å². The van der Waals surface area contributed by atoms with Crippen LogP contribution in [0.1, 0.15) is 5.56 Å². The molecule has 134 valence electrons. The largest absolute Gasteiger partial charge is 0.439 e. The normalized spacial score (nSPS) is 16.2. The predicted octanol–water partition coefficient (Wildman–Crippen LogP) is 2.65. The molecule has 0 radical (unpaired) electrons. The van der Waals surface area contributed by atoms with Gasteiger partial charge in [-0.05, 0) is 18.2 Å². The first-order valence-corrected chi connectivity index (χ1v) is 7.40. The van der Waals surface area contributed by atoms with E-state index < -0.39 is 17.3 Å². The van der Waals surface area contributed by atoms with Crippen LogP contribution in [0.2, 0.25) is 0 Å². The molecule has 0 aliphatic carbocycles. The highest BCUT2D eigenvalue weighted by atomic mass is 19.4. The summed E-state index contributed by atoms with van der Waals surface area (Å²) in [6.45, 7) is 0.732. The Balaban J connectivity index is 1.69. The van der Waals surface area contributed by atoms with Crippen LogP contribution in [0.25, 0.3) is 0 Å². The van der Waals surface area contributed by atoms with Crippen molar-refractivity contribution in [2.45, 2.75) is 11.8 Å². The van der Waals surface area contributed by atoms with Crippen molar-refractivity contribution in [3.63, 3.8) is 0 Å². The summed E-state index contributed by atoms with van der Waals surface area (Å²) in [4.78, 5) is 3.65. The molecule has 1 fully saturated rings. The number of nitrogens with one attached hydrogen (secondary N) is 1. The maximum absolute atomic E-state index is 12.5. The summed E-state index contributed by atoms with van der Waals surface area (Å²) in [5, 5.41) is 13.0. The van der Waals surface area contributed by atoms with Gasteiger partial charge < -0.3 is 25.6 Å². The molecule has 6 nitrogen and oxygen atoms in total. The third-order valence-corrected chi connectivity index (χ3v) is 3.66. The van der Waals surface area contributed by atoms with E-state index >= 15 is 0 Å². The number of alkyl halides is 3. The lowest BCUT2D eigenvalue weighted by atomic mass is 10.0. The van der Waals surface area contributed by atoms with Crippen molar-refractivity contribution in [3.8, 4) is 11.6 Å². The zero-order valence-corrected chi connectivity index (χ0v) is 13.0. The van der Waals surface area contributed by atoms with Gasteiger partial charge in [-0.1, -0.05) is 0 Å². The van der Waals surface area contributed by atoms with E-state index in [0.29, 0.717) is 23.3 Å². The summed E-state index contributed by atoms with van der Waals surface area (Å²) in [5.41, 5.74) is 5.06. The Morgan fingerprint density at radius 3 is 2.60 bits per heavy atom.